The number of aromatic nitrogens is 1. The lowest BCUT2D eigenvalue weighted by molar-refractivity contribution is -0.105. The highest BCUT2D eigenvalue weighted by atomic mass is 32.2. The molecule has 0 radical (unpaired) electrons. The van der Waals surface area contributed by atoms with Crippen LogP contribution in [0.5, 0.6) is 0 Å². The van der Waals surface area contributed by atoms with Gasteiger partial charge in [0.25, 0.3) is 0 Å². The van der Waals surface area contributed by atoms with Crippen LogP contribution in [0.25, 0.3) is 10.9 Å². The van der Waals surface area contributed by atoms with Crippen molar-refractivity contribution in [2.45, 2.75) is 17.4 Å². The second-order valence-electron chi connectivity index (χ2n) is 5.72. The number of amides is 1. The maximum Gasteiger partial charge on any atom is 0.238 e. The number of para-hydroxylation sites is 1. The summed E-state index contributed by atoms with van der Waals surface area (Å²) in [6, 6.07) is 13.5. The molecule has 0 aliphatic heterocycles. The zero-order valence-electron chi connectivity index (χ0n) is 13.3. The number of carbonyl (C=O) groups is 1. The van der Waals surface area contributed by atoms with Crippen LogP contribution < -0.4 is 16.2 Å². The average Bonchev–Trinajstić information content (AvgIpc) is 2.92. The molecule has 0 aliphatic carbocycles. The average molecular weight is 358 g/mol. The molecule has 8 heteroatoms. The quantitative estimate of drug-likeness (QED) is 0.499. The largest absolute Gasteiger partial charge is 0.341 e. The number of hydrogen-bond acceptors (Lipinski definition) is 4. The minimum absolute atomic E-state index is 0.0439. The van der Waals surface area contributed by atoms with Gasteiger partial charge in [-0.05, 0) is 30.2 Å². The molecule has 1 unspecified atom stereocenters. The van der Waals surface area contributed by atoms with E-state index in [9.17, 15) is 13.2 Å². The lowest BCUT2D eigenvalue weighted by atomic mass is 9.98. The zero-order valence-corrected chi connectivity index (χ0v) is 14.1. The number of hydrogen-bond donors (Lipinski definition) is 4. The van der Waals surface area contributed by atoms with E-state index in [1.165, 1.54) is 12.1 Å². The van der Waals surface area contributed by atoms with E-state index in [0.717, 1.165) is 22.0 Å². The molecule has 0 saturated carbocycles. The molecule has 7 nitrogen and oxygen atoms in total. The third kappa shape index (κ3) is 3.55. The molecule has 6 N–H and O–H groups in total. The van der Waals surface area contributed by atoms with Gasteiger partial charge in [0, 0.05) is 22.5 Å². The molecular formula is C17H18N4O3S. The minimum atomic E-state index is -3.77. The van der Waals surface area contributed by atoms with Gasteiger partial charge in [0.1, 0.15) is 5.82 Å². The normalized spacial score (nSPS) is 12.9. The number of carbonyl (C=O) groups excluding carboxylic acids is 1. The number of H-pyrrole nitrogens is 1. The fourth-order valence-corrected chi connectivity index (χ4v) is 3.51. The molecule has 1 aromatic heterocycles. The maximum absolute atomic E-state index is 11.5. The van der Waals surface area contributed by atoms with Crippen molar-refractivity contribution in [3.63, 3.8) is 0 Å². The Hall–Kier alpha value is -2.68. The van der Waals surface area contributed by atoms with Crippen LogP contribution in [0.2, 0.25) is 0 Å². The summed E-state index contributed by atoms with van der Waals surface area (Å²) in [5.74, 6) is 0.534. The Morgan fingerprint density at radius 1 is 1.16 bits per heavy atom. The van der Waals surface area contributed by atoms with E-state index in [1.807, 2.05) is 24.3 Å². The van der Waals surface area contributed by atoms with Crippen molar-refractivity contribution in [1.29, 1.82) is 0 Å². The molecule has 1 atom stereocenters. The van der Waals surface area contributed by atoms with Gasteiger partial charge in [-0.3, -0.25) is 4.79 Å². The van der Waals surface area contributed by atoms with Crippen LogP contribution in [0.15, 0.2) is 53.4 Å². The van der Waals surface area contributed by atoms with E-state index in [-0.39, 0.29) is 4.90 Å². The van der Waals surface area contributed by atoms with E-state index in [0.29, 0.717) is 18.6 Å². The molecule has 0 spiro atoms. The lowest BCUT2D eigenvalue weighted by Gasteiger charge is -2.14. The van der Waals surface area contributed by atoms with Crippen LogP contribution in [0.1, 0.15) is 17.2 Å². The number of nitrogens with two attached hydrogens (primary N) is 2. The first-order valence-corrected chi connectivity index (χ1v) is 9.13. The van der Waals surface area contributed by atoms with Crippen LogP contribution in [0.3, 0.4) is 0 Å². The Bertz CT molecular complexity index is 1030. The van der Waals surface area contributed by atoms with Crippen LogP contribution >= 0.6 is 0 Å². The maximum atomic E-state index is 11.5. The van der Waals surface area contributed by atoms with Crippen molar-refractivity contribution >= 4 is 33.2 Å². The minimum Gasteiger partial charge on any atom is -0.341 e. The topological polar surface area (TPSA) is 131 Å². The fraction of sp³-hybridized carbons (Fsp3) is 0.118. The number of benzene rings is 2. The highest BCUT2D eigenvalue weighted by Gasteiger charge is 2.19. The Morgan fingerprint density at radius 2 is 1.92 bits per heavy atom. The van der Waals surface area contributed by atoms with Gasteiger partial charge in [-0.15, -0.1) is 0 Å². The number of sulfonamides is 1. The first-order valence-electron chi connectivity index (χ1n) is 7.58. The van der Waals surface area contributed by atoms with E-state index in [1.54, 1.807) is 12.1 Å². The summed E-state index contributed by atoms with van der Waals surface area (Å²) < 4.78 is 23.0. The molecule has 0 fully saturated rings. The summed E-state index contributed by atoms with van der Waals surface area (Å²) in [7, 11) is -3.77. The van der Waals surface area contributed by atoms with Crippen LogP contribution in [0.4, 0.5) is 5.82 Å². The number of fused-ring (bicyclic) bond motifs is 1. The molecular weight excluding hydrogens is 340 g/mol. The molecule has 1 amide bonds. The van der Waals surface area contributed by atoms with E-state index < -0.39 is 16.1 Å². The van der Waals surface area contributed by atoms with Crippen LogP contribution in [-0.4, -0.2) is 19.8 Å². The number of aromatic amines is 1. The van der Waals surface area contributed by atoms with Crippen molar-refractivity contribution in [1.82, 2.24) is 4.98 Å². The first-order chi connectivity index (χ1) is 11.9. The smallest absolute Gasteiger partial charge is 0.238 e. The molecule has 3 rings (SSSR count). The van der Waals surface area contributed by atoms with Gasteiger partial charge in [-0.1, -0.05) is 30.3 Å². The van der Waals surface area contributed by atoms with Gasteiger partial charge < -0.3 is 16.0 Å². The van der Waals surface area contributed by atoms with Crippen LogP contribution in [-0.2, 0) is 21.2 Å². The SMILES string of the molecule is NC(Cc1cccc(S(N)(=O)=O)c1)c1c(NC=O)[nH]c2ccccc12. The third-order valence-electron chi connectivity index (χ3n) is 4.00. The standard InChI is InChI=1S/C17H18N4O3S/c18-14(9-11-4-3-5-12(8-11)25(19,23)24)16-13-6-1-2-7-15(13)21-17(16)20-10-22/h1-8,10,14,21H,9,18H2,(H,20,22)(H2,19,23,24). The Morgan fingerprint density at radius 3 is 2.64 bits per heavy atom. The van der Waals surface area contributed by atoms with Gasteiger partial charge in [-0.25, -0.2) is 13.6 Å². The monoisotopic (exact) mass is 358 g/mol. The zero-order chi connectivity index (χ0) is 18.0. The molecule has 0 saturated heterocycles. The highest BCUT2D eigenvalue weighted by Crippen LogP contribution is 2.32. The summed E-state index contributed by atoms with van der Waals surface area (Å²) in [4.78, 5) is 14.1. The molecule has 0 aliphatic rings. The van der Waals surface area contributed by atoms with Gasteiger partial charge in [-0.2, -0.15) is 0 Å². The van der Waals surface area contributed by atoms with Crippen molar-refractivity contribution in [3.8, 4) is 0 Å². The highest BCUT2D eigenvalue weighted by molar-refractivity contribution is 7.89. The third-order valence-corrected chi connectivity index (χ3v) is 4.91. The van der Waals surface area contributed by atoms with E-state index in [4.69, 9.17) is 10.9 Å². The number of anilines is 1. The Kier molecular flexibility index (Phi) is 4.58. The predicted molar refractivity (Wildman–Crippen MR) is 96.4 cm³/mol. The van der Waals surface area contributed by atoms with Crippen molar-refractivity contribution in [3.05, 3.63) is 59.7 Å². The van der Waals surface area contributed by atoms with Gasteiger partial charge in [0.05, 0.1) is 4.90 Å². The fourth-order valence-electron chi connectivity index (χ4n) is 2.93. The van der Waals surface area contributed by atoms with Crippen LogP contribution in [0, 0.1) is 0 Å². The first kappa shape index (κ1) is 17.2. The molecule has 2 aromatic carbocycles. The Balaban J connectivity index is 1.99. The second-order valence-corrected chi connectivity index (χ2v) is 7.29. The van der Waals surface area contributed by atoms with Gasteiger partial charge in [0.15, 0.2) is 0 Å². The molecule has 130 valence electrons. The number of rotatable bonds is 6. The van der Waals surface area contributed by atoms with Crippen molar-refractivity contribution in [2.75, 3.05) is 5.32 Å². The summed E-state index contributed by atoms with van der Waals surface area (Å²) in [5.41, 5.74) is 8.73. The lowest BCUT2D eigenvalue weighted by Crippen LogP contribution is -2.16. The van der Waals surface area contributed by atoms with Crippen molar-refractivity contribution in [2.24, 2.45) is 10.9 Å². The molecule has 25 heavy (non-hydrogen) atoms. The Labute approximate surface area is 145 Å². The number of primary sulfonamides is 1. The summed E-state index contributed by atoms with van der Waals surface area (Å²) in [6.07, 6.45) is 0.974. The molecule has 0 bridgehead atoms. The summed E-state index contributed by atoms with van der Waals surface area (Å²) >= 11 is 0. The van der Waals surface area contributed by atoms with Crippen molar-refractivity contribution < 1.29 is 13.2 Å². The molecule has 3 aromatic rings. The summed E-state index contributed by atoms with van der Waals surface area (Å²) in [6.45, 7) is 0. The van der Waals surface area contributed by atoms with E-state index >= 15 is 0 Å². The molecule has 1 heterocycles. The van der Waals surface area contributed by atoms with Gasteiger partial charge >= 0.3 is 0 Å². The number of nitrogens with one attached hydrogen (secondary N) is 2. The summed E-state index contributed by atoms with van der Waals surface area (Å²) in [5, 5.41) is 8.72. The second kappa shape index (κ2) is 6.67. The van der Waals surface area contributed by atoms with E-state index in [2.05, 4.69) is 10.3 Å². The van der Waals surface area contributed by atoms with Gasteiger partial charge in [0.2, 0.25) is 16.4 Å². The predicted octanol–water partition coefficient (Wildman–Crippen LogP) is 1.63.